The van der Waals surface area contributed by atoms with Crippen LogP contribution in [0.3, 0.4) is 0 Å². The lowest BCUT2D eigenvalue weighted by atomic mass is 9.86. The Balaban J connectivity index is 1.93. The lowest BCUT2D eigenvalue weighted by molar-refractivity contribution is 0.415. The molecule has 3 aromatic rings. The molecule has 3 nitrogen and oxygen atoms in total. The lowest BCUT2D eigenvalue weighted by Gasteiger charge is -2.26. The summed E-state index contributed by atoms with van der Waals surface area (Å²) in [4.78, 5) is 0. The number of hydrogen-bond donors (Lipinski definition) is 1. The van der Waals surface area contributed by atoms with Crippen molar-refractivity contribution in [1.29, 1.82) is 5.26 Å². The number of anilines is 1. The van der Waals surface area contributed by atoms with Crippen molar-refractivity contribution in [1.82, 2.24) is 0 Å². The highest BCUT2D eigenvalue weighted by atomic mass is 16.5. The number of aryl methyl sites for hydroxylation is 1. The second-order valence-corrected chi connectivity index (χ2v) is 6.63. The van der Waals surface area contributed by atoms with Gasteiger partial charge in [0.1, 0.15) is 5.75 Å². The predicted molar refractivity (Wildman–Crippen MR) is 110 cm³/mol. The van der Waals surface area contributed by atoms with Crippen LogP contribution < -0.4 is 10.1 Å². The van der Waals surface area contributed by atoms with E-state index < -0.39 is 0 Å². The zero-order valence-electron chi connectivity index (χ0n) is 15.7. The van der Waals surface area contributed by atoms with E-state index in [1.165, 1.54) is 11.1 Å². The van der Waals surface area contributed by atoms with Gasteiger partial charge in [0.05, 0.1) is 25.1 Å². The lowest BCUT2D eigenvalue weighted by Crippen LogP contribution is -2.22. The van der Waals surface area contributed by atoms with Gasteiger partial charge in [0, 0.05) is 5.69 Å². The average molecular weight is 356 g/mol. The zero-order valence-corrected chi connectivity index (χ0v) is 15.7. The number of nitrogens with zero attached hydrogens (tertiary/aromatic N) is 1. The molecule has 0 aromatic heterocycles. The summed E-state index contributed by atoms with van der Waals surface area (Å²) in [5.41, 5.74) is 4.46. The van der Waals surface area contributed by atoms with E-state index in [1.807, 2.05) is 54.6 Å². The Morgan fingerprint density at radius 2 is 1.59 bits per heavy atom. The molecule has 136 valence electrons. The third kappa shape index (κ3) is 4.68. The molecule has 0 saturated carbocycles. The third-order valence-corrected chi connectivity index (χ3v) is 4.80. The summed E-state index contributed by atoms with van der Waals surface area (Å²) in [6, 6.07) is 28.7. The molecule has 0 heterocycles. The SMILES string of the molecule is COc1ccc(N[C@H](c2ccccc2C)[C@H](C#N)Cc2ccccc2)cc1. The number of methoxy groups -OCH3 is 1. The van der Waals surface area contributed by atoms with Gasteiger partial charge in [-0.05, 0) is 54.3 Å². The fraction of sp³-hybridized carbons (Fsp3) is 0.208. The van der Waals surface area contributed by atoms with Crippen molar-refractivity contribution in [3.63, 3.8) is 0 Å². The molecule has 0 fully saturated rings. The highest BCUT2D eigenvalue weighted by molar-refractivity contribution is 5.49. The van der Waals surface area contributed by atoms with E-state index in [0.29, 0.717) is 6.42 Å². The van der Waals surface area contributed by atoms with Gasteiger partial charge in [0.2, 0.25) is 0 Å². The van der Waals surface area contributed by atoms with Gasteiger partial charge < -0.3 is 10.1 Å². The maximum atomic E-state index is 9.96. The minimum absolute atomic E-state index is 0.107. The Morgan fingerprint density at radius 3 is 2.22 bits per heavy atom. The molecule has 3 rings (SSSR count). The fourth-order valence-corrected chi connectivity index (χ4v) is 3.30. The van der Waals surface area contributed by atoms with Gasteiger partial charge >= 0.3 is 0 Å². The standard InChI is InChI=1S/C24H24N2O/c1-18-8-6-7-11-23(18)24(26-21-12-14-22(27-2)15-13-21)20(17-25)16-19-9-4-3-5-10-19/h3-15,20,24,26H,16H2,1-2H3/t20-,24-/m0/s1. The normalized spacial score (nSPS) is 12.6. The summed E-state index contributed by atoms with van der Waals surface area (Å²) in [6.45, 7) is 2.09. The van der Waals surface area contributed by atoms with Crippen LogP contribution in [-0.4, -0.2) is 7.11 Å². The van der Waals surface area contributed by atoms with E-state index in [2.05, 4.69) is 42.6 Å². The van der Waals surface area contributed by atoms with Crippen molar-refractivity contribution in [2.24, 2.45) is 5.92 Å². The largest absolute Gasteiger partial charge is 0.497 e. The first-order valence-corrected chi connectivity index (χ1v) is 9.11. The number of rotatable bonds is 7. The number of nitriles is 1. The predicted octanol–water partition coefficient (Wildman–Crippen LogP) is 5.54. The first-order valence-electron chi connectivity index (χ1n) is 9.11. The Hall–Kier alpha value is -3.25. The first kappa shape index (κ1) is 18.5. The Labute approximate surface area is 161 Å². The number of ether oxygens (including phenoxy) is 1. The number of benzene rings is 3. The van der Waals surface area contributed by atoms with Crippen molar-refractivity contribution < 1.29 is 4.74 Å². The molecule has 0 radical (unpaired) electrons. The van der Waals surface area contributed by atoms with Crippen LogP contribution in [0.1, 0.15) is 22.7 Å². The molecule has 0 aliphatic rings. The molecule has 0 spiro atoms. The van der Waals surface area contributed by atoms with Gasteiger partial charge in [-0.15, -0.1) is 0 Å². The fourth-order valence-electron chi connectivity index (χ4n) is 3.30. The maximum absolute atomic E-state index is 9.96. The average Bonchev–Trinajstić information content (AvgIpc) is 2.72. The van der Waals surface area contributed by atoms with Crippen LogP contribution in [0.15, 0.2) is 78.9 Å². The smallest absolute Gasteiger partial charge is 0.119 e. The quantitative estimate of drug-likeness (QED) is 0.604. The van der Waals surface area contributed by atoms with Crippen LogP contribution in [-0.2, 0) is 6.42 Å². The highest BCUT2D eigenvalue weighted by Crippen LogP contribution is 2.31. The molecular weight excluding hydrogens is 332 g/mol. The molecule has 27 heavy (non-hydrogen) atoms. The summed E-state index contributed by atoms with van der Waals surface area (Å²) in [5, 5.41) is 13.5. The van der Waals surface area contributed by atoms with E-state index >= 15 is 0 Å². The van der Waals surface area contributed by atoms with Crippen LogP contribution in [0.5, 0.6) is 5.75 Å². The molecule has 0 unspecified atom stereocenters. The summed E-state index contributed by atoms with van der Waals surface area (Å²) in [6.07, 6.45) is 0.694. The molecular formula is C24H24N2O. The maximum Gasteiger partial charge on any atom is 0.119 e. The van der Waals surface area contributed by atoms with Gasteiger partial charge in [0.25, 0.3) is 0 Å². The molecule has 3 aromatic carbocycles. The van der Waals surface area contributed by atoms with Crippen molar-refractivity contribution >= 4 is 5.69 Å². The van der Waals surface area contributed by atoms with Gasteiger partial charge in [0.15, 0.2) is 0 Å². The zero-order chi connectivity index (χ0) is 19.1. The minimum atomic E-state index is -0.199. The summed E-state index contributed by atoms with van der Waals surface area (Å²) in [7, 11) is 1.66. The molecule has 0 bridgehead atoms. The van der Waals surface area contributed by atoms with Gasteiger partial charge in [-0.2, -0.15) is 5.26 Å². The van der Waals surface area contributed by atoms with Gasteiger partial charge in [-0.3, -0.25) is 0 Å². The van der Waals surface area contributed by atoms with E-state index in [9.17, 15) is 5.26 Å². The van der Waals surface area contributed by atoms with Crippen LogP contribution >= 0.6 is 0 Å². The van der Waals surface area contributed by atoms with E-state index in [-0.39, 0.29) is 12.0 Å². The molecule has 1 N–H and O–H groups in total. The van der Waals surface area contributed by atoms with E-state index in [1.54, 1.807) is 7.11 Å². The number of hydrogen-bond acceptors (Lipinski definition) is 3. The topological polar surface area (TPSA) is 45.0 Å². The van der Waals surface area contributed by atoms with Crippen LogP contribution in [0, 0.1) is 24.2 Å². The monoisotopic (exact) mass is 356 g/mol. The second-order valence-electron chi connectivity index (χ2n) is 6.63. The molecule has 3 heteroatoms. The summed E-state index contributed by atoms with van der Waals surface area (Å²) < 4.78 is 5.25. The van der Waals surface area contributed by atoms with Crippen molar-refractivity contribution in [2.75, 3.05) is 12.4 Å². The second kappa shape index (κ2) is 8.91. The molecule has 0 aliphatic heterocycles. The Kier molecular flexibility index (Phi) is 6.12. The summed E-state index contributed by atoms with van der Waals surface area (Å²) in [5.74, 6) is 0.615. The van der Waals surface area contributed by atoms with Gasteiger partial charge in [-0.1, -0.05) is 54.6 Å². The van der Waals surface area contributed by atoms with E-state index in [0.717, 1.165) is 17.0 Å². The van der Waals surface area contributed by atoms with Crippen molar-refractivity contribution in [3.8, 4) is 11.8 Å². The highest BCUT2D eigenvalue weighted by Gasteiger charge is 2.25. The molecule has 2 atom stereocenters. The van der Waals surface area contributed by atoms with Crippen LogP contribution in [0.2, 0.25) is 0 Å². The third-order valence-electron chi connectivity index (χ3n) is 4.80. The summed E-state index contributed by atoms with van der Waals surface area (Å²) >= 11 is 0. The Morgan fingerprint density at radius 1 is 0.926 bits per heavy atom. The molecule has 0 saturated heterocycles. The first-order chi connectivity index (χ1) is 13.2. The minimum Gasteiger partial charge on any atom is -0.497 e. The molecule has 0 amide bonds. The van der Waals surface area contributed by atoms with Crippen molar-refractivity contribution in [3.05, 3.63) is 95.6 Å². The van der Waals surface area contributed by atoms with E-state index in [4.69, 9.17) is 4.74 Å². The number of nitrogens with one attached hydrogen (secondary N) is 1. The molecule has 0 aliphatic carbocycles. The Bertz CT molecular complexity index is 898. The van der Waals surface area contributed by atoms with Crippen LogP contribution in [0.4, 0.5) is 5.69 Å². The van der Waals surface area contributed by atoms with Crippen LogP contribution in [0.25, 0.3) is 0 Å². The van der Waals surface area contributed by atoms with Gasteiger partial charge in [-0.25, -0.2) is 0 Å². The van der Waals surface area contributed by atoms with Crippen molar-refractivity contribution in [2.45, 2.75) is 19.4 Å².